The van der Waals surface area contributed by atoms with Gasteiger partial charge >= 0.3 is 6.18 Å². The normalized spacial score (nSPS) is 14.0. The maximum absolute atomic E-state index is 13.1. The van der Waals surface area contributed by atoms with Crippen molar-refractivity contribution in [3.8, 4) is 11.5 Å². The quantitative estimate of drug-likeness (QED) is 0.378. The van der Waals surface area contributed by atoms with Crippen LogP contribution in [0.4, 0.5) is 13.2 Å². The van der Waals surface area contributed by atoms with E-state index in [-0.39, 0.29) is 11.9 Å². The summed E-state index contributed by atoms with van der Waals surface area (Å²) in [6, 6.07) is 19.7. The summed E-state index contributed by atoms with van der Waals surface area (Å²) >= 11 is 0. The molecule has 2 N–H and O–H groups in total. The fourth-order valence-electron chi connectivity index (χ4n) is 4.21. The van der Waals surface area contributed by atoms with Crippen LogP contribution >= 0.6 is 0 Å². The number of ether oxygens (including phenoxy) is 2. The number of alkyl halides is 3. The molecule has 0 saturated heterocycles. The van der Waals surface area contributed by atoms with Crippen molar-refractivity contribution in [2.24, 2.45) is 0 Å². The second kappa shape index (κ2) is 11.5. The monoisotopic (exact) mass is 500 g/mol. The highest BCUT2D eigenvalue weighted by molar-refractivity contribution is 5.87. The highest BCUT2D eigenvalue weighted by atomic mass is 19.4. The van der Waals surface area contributed by atoms with Gasteiger partial charge in [-0.05, 0) is 60.7 Å². The van der Waals surface area contributed by atoms with E-state index in [4.69, 9.17) is 9.47 Å². The summed E-state index contributed by atoms with van der Waals surface area (Å²) in [6.07, 6.45) is -3.38. The molecule has 0 heterocycles. The zero-order valence-corrected chi connectivity index (χ0v) is 20.8. The number of amides is 1. The van der Waals surface area contributed by atoms with E-state index in [1.807, 2.05) is 49.4 Å². The first kappa shape index (κ1) is 27.1. The van der Waals surface area contributed by atoms with Crippen LogP contribution in [0.3, 0.4) is 0 Å². The molecule has 8 heteroatoms. The molecule has 2 atom stereocenters. The number of likely N-dealkylation sites (N-methyl/N-ethyl adjacent to an activating group) is 1. The van der Waals surface area contributed by atoms with Gasteiger partial charge in [0.15, 0.2) is 11.5 Å². The molecule has 192 valence electrons. The Morgan fingerprint density at radius 2 is 1.53 bits per heavy atom. The van der Waals surface area contributed by atoms with Gasteiger partial charge in [-0.15, -0.1) is 0 Å². The van der Waals surface area contributed by atoms with E-state index in [1.54, 1.807) is 27.3 Å². The Morgan fingerprint density at radius 1 is 0.889 bits per heavy atom. The van der Waals surface area contributed by atoms with Gasteiger partial charge in [-0.1, -0.05) is 48.5 Å². The number of aryl methyl sites for hydroxylation is 1. The van der Waals surface area contributed by atoms with Gasteiger partial charge in [0.25, 0.3) is 0 Å². The molecule has 0 unspecified atom stereocenters. The molecule has 0 saturated carbocycles. The first-order valence-electron chi connectivity index (χ1n) is 11.6. The molecule has 36 heavy (non-hydrogen) atoms. The molecule has 3 aromatic rings. The summed E-state index contributed by atoms with van der Waals surface area (Å²) in [5, 5.41) is 6.26. The number of carbonyl (C=O) groups excluding carboxylic acids is 1. The van der Waals surface area contributed by atoms with Crippen molar-refractivity contribution in [3.05, 3.63) is 95.1 Å². The second-order valence-electron chi connectivity index (χ2n) is 8.61. The van der Waals surface area contributed by atoms with Crippen LogP contribution in [0.15, 0.2) is 72.8 Å². The van der Waals surface area contributed by atoms with Crippen molar-refractivity contribution in [2.45, 2.75) is 37.5 Å². The minimum atomic E-state index is -4.38. The van der Waals surface area contributed by atoms with Crippen molar-refractivity contribution in [3.63, 3.8) is 0 Å². The van der Waals surface area contributed by atoms with Crippen molar-refractivity contribution in [1.29, 1.82) is 0 Å². The summed E-state index contributed by atoms with van der Waals surface area (Å²) in [7, 11) is 4.68. The van der Waals surface area contributed by atoms with Gasteiger partial charge in [0.2, 0.25) is 5.91 Å². The smallest absolute Gasteiger partial charge is 0.416 e. The lowest BCUT2D eigenvalue weighted by Crippen LogP contribution is -2.52. The number of nitrogens with one attached hydrogen (secondary N) is 2. The molecule has 3 aromatic carbocycles. The molecule has 1 amide bonds. The molecule has 0 radical (unpaired) electrons. The molecular weight excluding hydrogens is 469 g/mol. The van der Waals surface area contributed by atoms with E-state index < -0.39 is 17.3 Å². The van der Waals surface area contributed by atoms with Crippen LogP contribution in [0.1, 0.15) is 41.6 Å². The Balaban J connectivity index is 1.97. The molecule has 0 fully saturated rings. The van der Waals surface area contributed by atoms with Gasteiger partial charge in [0, 0.05) is 13.1 Å². The molecule has 0 aromatic heterocycles. The highest BCUT2D eigenvalue weighted by Crippen LogP contribution is 2.35. The first-order valence-corrected chi connectivity index (χ1v) is 11.6. The minimum absolute atomic E-state index is 0.214. The molecule has 3 rings (SSSR count). The van der Waals surface area contributed by atoms with E-state index in [0.717, 1.165) is 28.8 Å². The lowest BCUT2D eigenvalue weighted by molar-refractivity contribution is -0.137. The summed E-state index contributed by atoms with van der Waals surface area (Å²) in [6.45, 7) is 1.81. The maximum atomic E-state index is 13.1. The standard InChI is InChI=1S/C28H31F3N2O3/c1-27(26(34)32-2,21-8-6-5-7-9-21)33-23(20-13-17-24(35-3)25(18-20)36-4)16-12-19-10-14-22(15-11-19)28(29,30)31/h5-11,13-15,17-18,23,33H,12,16H2,1-4H3,(H,32,34)/t23-,27-/m1/s1. The predicted molar refractivity (Wildman–Crippen MR) is 133 cm³/mol. The van der Waals surface area contributed by atoms with Crippen LogP contribution in [-0.4, -0.2) is 27.2 Å². The number of hydrogen-bond acceptors (Lipinski definition) is 4. The van der Waals surface area contributed by atoms with Crippen LogP contribution in [0, 0.1) is 0 Å². The molecule has 0 spiro atoms. The first-order chi connectivity index (χ1) is 17.1. The third kappa shape index (κ3) is 6.18. The Morgan fingerprint density at radius 3 is 2.08 bits per heavy atom. The zero-order chi connectivity index (χ0) is 26.3. The van der Waals surface area contributed by atoms with Gasteiger partial charge in [-0.3, -0.25) is 10.1 Å². The summed E-state index contributed by atoms with van der Waals surface area (Å²) in [5.74, 6) is 0.895. The number of rotatable bonds is 10. The van der Waals surface area contributed by atoms with Crippen molar-refractivity contribution < 1.29 is 27.4 Å². The average Bonchev–Trinajstić information content (AvgIpc) is 2.90. The largest absolute Gasteiger partial charge is 0.493 e. The van der Waals surface area contributed by atoms with Gasteiger partial charge in [-0.25, -0.2) is 0 Å². The summed E-state index contributed by atoms with van der Waals surface area (Å²) in [5.41, 5.74) is 0.636. The van der Waals surface area contributed by atoms with Crippen molar-refractivity contribution in [2.75, 3.05) is 21.3 Å². The van der Waals surface area contributed by atoms with E-state index >= 15 is 0 Å². The summed E-state index contributed by atoms with van der Waals surface area (Å²) in [4.78, 5) is 13.1. The topological polar surface area (TPSA) is 59.6 Å². The average molecular weight is 501 g/mol. The van der Waals surface area contributed by atoms with Gasteiger partial charge in [0.05, 0.1) is 19.8 Å². The molecule has 0 aliphatic carbocycles. The second-order valence-corrected chi connectivity index (χ2v) is 8.61. The number of carbonyl (C=O) groups is 1. The van der Waals surface area contributed by atoms with Crippen LogP contribution in [-0.2, 0) is 22.9 Å². The van der Waals surface area contributed by atoms with Gasteiger partial charge in [-0.2, -0.15) is 13.2 Å². The Hall–Kier alpha value is -3.52. The Labute approximate surface area is 209 Å². The maximum Gasteiger partial charge on any atom is 0.416 e. The van der Waals surface area contributed by atoms with Gasteiger partial charge < -0.3 is 14.8 Å². The van der Waals surface area contributed by atoms with E-state index in [1.165, 1.54) is 12.1 Å². The number of benzene rings is 3. The van der Waals surface area contributed by atoms with Crippen molar-refractivity contribution in [1.82, 2.24) is 10.6 Å². The Kier molecular flexibility index (Phi) is 8.63. The zero-order valence-electron chi connectivity index (χ0n) is 20.8. The lowest BCUT2D eigenvalue weighted by Gasteiger charge is -2.35. The number of halogens is 3. The molecular formula is C28H31F3N2O3. The van der Waals surface area contributed by atoms with Crippen LogP contribution in [0.2, 0.25) is 0 Å². The third-order valence-corrected chi connectivity index (χ3v) is 6.31. The van der Waals surface area contributed by atoms with E-state index in [0.29, 0.717) is 24.3 Å². The fraction of sp³-hybridized carbons (Fsp3) is 0.321. The molecule has 0 aliphatic heterocycles. The minimum Gasteiger partial charge on any atom is -0.493 e. The van der Waals surface area contributed by atoms with E-state index in [9.17, 15) is 18.0 Å². The Bertz CT molecular complexity index is 1150. The van der Waals surface area contributed by atoms with Gasteiger partial charge in [0.1, 0.15) is 5.54 Å². The van der Waals surface area contributed by atoms with Crippen LogP contribution < -0.4 is 20.1 Å². The SMILES string of the molecule is CNC(=O)[C@](C)(N[C@H](CCc1ccc(C(F)(F)F)cc1)c1ccc(OC)c(OC)c1)c1ccccc1. The number of methoxy groups -OCH3 is 2. The third-order valence-electron chi connectivity index (χ3n) is 6.31. The van der Waals surface area contributed by atoms with Crippen LogP contribution in [0.5, 0.6) is 11.5 Å². The molecule has 0 bridgehead atoms. The lowest BCUT2D eigenvalue weighted by atomic mass is 9.87. The number of hydrogen-bond donors (Lipinski definition) is 2. The predicted octanol–water partition coefficient (Wildman–Crippen LogP) is 5.65. The summed E-state index contributed by atoms with van der Waals surface area (Å²) < 4.78 is 49.8. The van der Waals surface area contributed by atoms with E-state index in [2.05, 4.69) is 10.6 Å². The fourth-order valence-corrected chi connectivity index (χ4v) is 4.21. The van der Waals surface area contributed by atoms with Crippen LogP contribution in [0.25, 0.3) is 0 Å². The van der Waals surface area contributed by atoms with Crippen molar-refractivity contribution >= 4 is 5.91 Å². The molecule has 5 nitrogen and oxygen atoms in total. The molecule has 0 aliphatic rings. The highest BCUT2D eigenvalue weighted by Gasteiger charge is 2.37.